The molecule has 0 spiro atoms. The molecule has 2 heteroatoms. The molecule has 0 unspecified atom stereocenters. The second kappa shape index (κ2) is 5.23. The third-order valence-electron chi connectivity index (χ3n) is 4.39. The van der Waals surface area contributed by atoms with E-state index in [-0.39, 0.29) is 6.04 Å². The molecule has 1 heterocycles. The van der Waals surface area contributed by atoms with Gasteiger partial charge in [-0.15, -0.1) is 0 Å². The van der Waals surface area contributed by atoms with Crippen LogP contribution in [0.15, 0.2) is 24.3 Å². The molecule has 18 heavy (non-hydrogen) atoms. The van der Waals surface area contributed by atoms with Gasteiger partial charge in [-0.3, -0.25) is 4.79 Å². The molecule has 0 aromatic heterocycles. The zero-order valence-corrected chi connectivity index (χ0v) is 10.8. The molecule has 0 bridgehead atoms. The van der Waals surface area contributed by atoms with Crippen LogP contribution in [0, 0.1) is 0 Å². The lowest BCUT2D eigenvalue weighted by Crippen LogP contribution is -2.32. The van der Waals surface area contributed by atoms with Crippen LogP contribution in [0.25, 0.3) is 0 Å². The van der Waals surface area contributed by atoms with E-state index in [4.69, 9.17) is 0 Å². The number of aryl methyl sites for hydroxylation is 1. The Bertz CT molecular complexity index is 434. The van der Waals surface area contributed by atoms with E-state index in [1.807, 2.05) is 0 Å². The van der Waals surface area contributed by atoms with Crippen LogP contribution in [0.1, 0.15) is 49.1 Å². The minimum atomic E-state index is 0.138. The summed E-state index contributed by atoms with van der Waals surface area (Å²) in [4.78, 5) is 12.3. The van der Waals surface area contributed by atoms with Gasteiger partial charge in [0, 0.05) is 6.42 Å². The number of Topliss-reactive ketones (excluding diaryl/α,β-unsaturated/α-hetero) is 1. The number of ketones is 1. The van der Waals surface area contributed by atoms with Crippen molar-refractivity contribution in [1.29, 1.82) is 0 Å². The van der Waals surface area contributed by atoms with Gasteiger partial charge in [0.25, 0.3) is 0 Å². The minimum Gasteiger partial charge on any atom is -0.307 e. The Morgan fingerprint density at radius 2 is 2.11 bits per heavy atom. The predicted octanol–water partition coefficient (Wildman–Crippen LogP) is 2.82. The molecule has 1 aromatic carbocycles. The normalized spacial score (nSPS) is 26.9. The van der Waals surface area contributed by atoms with Crippen LogP contribution in [0.2, 0.25) is 0 Å². The fourth-order valence-corrected chi connectivity index (χ4v) is 3.41. The van der Waals surface area contributed by atoms with Crippen molar-refractivity contribution in [2.24, 2.45) is 0 Å². The molecule has 3 rings (SSSR count). The molecular formula is C16H21NO. The second-order valence-corrected chi connectivity index (χ2v) is 5.61. The van der Waals surface area contributed by atoms with Crippen LogP contribution < -0.4 is 5.32 Å². The molecule has 0 radical (unpaired) electrons. The van der Waals surface area contributed by atoms with Gasteiger partial charge in [-0.2, -0.15) is 0 Å². The Balaban J connectivity index is 1.72. The van der Waals surface area contributed by atoms with E-state index in [0.717, 1.165) is 25.8 Å². The highest BCUT2D eigenvalue weighted by atomic mass is 16.1. The summed E-state index contributed by atoms with van der Waals surface area (Å²) in [7, 11) is 0. The first-order valence-electron chi connectivity index (χ1n) is 7.18. The maximum atomic E-state index is 12.3. The van der Waals surface area contributed by atoms with Crippen molar-refractivity contribution in [3.63, 3.8) is 0 Å². The summed E-state index contributed by atoms with van der Waals surface area (Å²) < 4.78 is 0. The molecule has 0 saturated carbocycles. The maximum absolute atomic E-state index is 12.3. The number of hydrogen-bond donors (Lipinski definition) is 1. The Kier molecular flexibility index (Phi) is 3.46. The first-order valence-corrected chi connectivity index (χ1v) is 7.18. The summed E-state index contributed by atoms with van der Waals surface area (Å²) in [5, 5.41) is 3.32. The first-order chi connectivity index (χ1) is 8.84. The van der Waals surface area contributed by atoms with E-state index in [1.165, 1.54) is 30.4 Å². The topological polar surface area (TPSA) is 29.1 Å². The van der Waals surface area contributed by atoms with Crippen molar-refractivity contribution in [1.82, 2.24) is 5.32 Å². The Labute approximate surface area is 109 Å². The molecule has 96 valence electrons. The van der Waals surface area contributed by atoms with E-state index < -0.39 is 0 Å². The van der Waals surface area contributed by atoms with Crippen LogP contribution >= 0.6 is 0 Å². The van der Waals surface area contributed by atoms with Gasteiger partial charge in [0.2, 0.25) is 0 Å². The smallest absolute Gasteiger partial charge is 0.150 e. The van der Waals surface area contributed by atoms with Crippen molar-refractivity contribution in [2.75, 3.05) is 6.54 Å². The van der Waals surface area contributed by atoms with E-state index in [2.05, 4.69) is 29.6 Å². The van der Waals surface area contributed by atoms with Crippen LogP contribution in [0.3, 0.4) is 0 Å². The van der Waals surface area contributed by atoms with Gasteiger partial charge in [0.05, 0.1) is 6.04 Å². The lowest BCUT2D eigenvalue weighted by atomic mass is 9.79. The predicted molar refractivity (Wildman–Crippen MR) is 72.8 cm³/mol. The van der Waals surface area contributed by atoms with E-state index >= 15 is 0 Å². The molecule has 1 saturated heterocycles. The summed E-state index contributed by atoms with van der Waals surface area (Å²) >= 11 is 0. The Morgan fingerprint density at radius 3 is 2.94 bits per heavy atom. The molecular weight excluding hydrogens is 222 g/mol. The van der Waals surface area contributed by atoms with Gasteiger partial charge >= 0.3 is 0 Å². The summed E-state index contributed by atoms with van der Waals surface area (Å²) in [6.07, 6.45) is 6.50. The second-order valence-electron chi connectivity index (χ2n) is 5.61. The highest BCUT2D eigenvalue weighted by Gasteiger charge is 2.27. The van der Waals surface area contributed by atoms with E-state index in [1.54, 1.807) is 0 Å². The molecule has 2 aliphatic rings. The average Bonchev–Trinajstić information content (AvgIpc) is 2.93. The van der Waals surface area contributed by atoms with Crippen molar-refractivity contribution in [3.8, 4) is 0 Å². The van der Waals surface area contributed by atoms with Gasteiger partial charge in [0.1, 0.15) is 5.78 Å². The maximum Gasteiger partial charge on any atom is 0.150 e. The number of nitrogens with one attached hydrogen (secondary N) is 1. The standard InChI is InChI=1S/C16H21NO/c18-16(15-9-4-10-17-15)11-13-7-3-6-12-5-1-2-8-14(12)13/h1-2,5,8,13,15,17H,3-4,6-7,9-11H2/t13-,15-/m0/s1. The van der Waals surface area contributed by atoms with Crippen LogP contribution in [0.4, 0.5) is 0 Å². The van der Waals surface area contributed by atoms with Crippen molar-refractivity contribution in [3.05, 3.63) is 35.4 Å². The van der Waals surface area contributed by atoms with Crippen LogP contribution in [0.5, 0.6) is 0 Å². The van der Waals surface area contributed by atoms with Crippen molar-refractivity contribution >= 4 is 5.78 Å². The summed E-state index contributed by atoms with van der Waals surface area (Å²) in [6.45, 7) is 1.01. The van der Waals surface area contributed by atoms with E-state index in [0.29, 0.717) is 11.7 Å². The fourth-order valence-electron chi connectivity index (χ4n) is 3.41. The Morgan fingerprint density at radius 1 is 1.22 bits per heavy atom. The van der Waals surface area contributed by atoms with Crippen LogP contribution in [-0.2, 0) is 11.2 Å². The number of carbonyl (C=O) groups excluding carboxylic acids is 1. The molecule has 0 amide bonds. The highest BCUT2D eigenvalue weighted by Crippen LogP contribution is 2.34. The quantitative estimate of drug-likeness (QED) is 0.884. The molecule has 2 atom stereocenters. The van der Waals surface area contributed by atoms with E-state index in [9.17, 15) is 4.79 Å². The fraction of sp³-hybridized carbons (Fsp3) is 0.562. The van der Waals surface area contributed by atoms with Crippen molar-refractivity contribution < 1.29 is 4.79 Å². The molecule has 1 aliphatic carbocycles. The number of fused-ring (bicyclic) bond motifs is 1. The first kappa shape index (κ1) is 11.9. The van der Waals surface area contributed by atoms with Crippen molar-refractivity contribution in [2.45, 2.75) is 50.5 Å². The highest BCUT2D eigenvalue weighted by molar-refractivity contribution is 5.85. The summed E-state index contributed by atoms with van der Waals surface area (Å²) in [5.41, 5.74) is 2.89. The Hall–Kier alpha value is -1.15. The third-order valence-corrected chi connectivity index (χ3v) is 4.39. The zero-order chi connectivity index (χ0) is 12.4. The molecule has 2 nitrogen and oxygen atoms in total. The lowest BCUT2D eigenvalue weighted by Gasteiger charge is -2.25. The monoisotopic (exact) mass is 243 g/mol. The largest absolute Gasteiger partial charge is 0.307 e. The zero-order valence-electron chi connectivity index (χ0n) is 10.8. The van der Waals surface area contributed by atoms with Gasteiger partial charge in [-0.05, 0) is 55.7 Å². The number of rotatable bonds is 3. The average molecular weight is 243 g/mol. The number of hydrogen-bond acceptors (Lipinski definition) is 2. The van der Waals surface area contributed by atoms with Gasteiger partial charge in [-0.25, -0.2) is 0 Å². The van der Waals surface area contributed by atoms with Gasteiger partial charge < -0.3 is 5.32 Å². The van der Waals surface area contributed by atoms with Gasteiger partial charge in [-0.1, -0.05) is 24.3 Å². The minimum absolute atomic E-state index is 0.138. The SMILES string of the molecule is O=C(C[C@@H]1CCCc2ccccc21)[C@@H]1CCCN1. The summed E-state index contributed by atoms with van der Waals surface area (Å²) in [6, 6.07) is 8.80. The molecule has 1 fully saturated rings. The molecule has 1 aromatic rings. The third kappa shape index (κ3) is 2.35. The molecule has 1 N–H and O–H groups in total. The number of carbonyl (C=O) groups is 1. The lowest BCUT2D eigenvalue weighted by molar-refractivity contribution is -0.121. The summed E-state index contributed by atoms with van der Waals surface area (Å²) in [5.74, 6) is 0.888. The molecule has 1 aliphatic heterocycles. The number of benzene rings is 1. The van der Waals surface area contributed by atoms with Gasteiger partial charge in [0.15, 0.2) is 0 Å². The van der Waals surface area contributed by atoms with Crippen LogP contribution in [-0.4, -0.2) is 18.4 Å².